The van der Waals surface area contributed by atoms with E-state index in [1.807, 2.05) is 24.4 Å². The smallest absolute Gasteiger partial charge is 0.227 e. The second-order valence-electron chi connectivity index (χ2n) is 7.25. The van der Waals surface area contributed by atoms with Crippen LogP contribution in [-0.4, -0.2) is 9.97 Å². The van der Waals surface area contributed by atoms with Gasteiger partial charge in [0.25, 0.3) is 0 Å². The first-order valence-electron chi connectivity index (χ1n) is 9.50. The molecule has 0 spiro atoms. The van der Waals surface area contributed by atoms with E-state index in [4.69, 9.17) is 9.40 Å². The molecule has 0 aliphatic carbocycles. The predicted molar refractivity (Wildman–Crippen MR) is 113 cm³/mol. The molecular weight excluding hydrogens is 344 g/mol. The van der Waals surface area contributed by atoms with Crippen LogP contribution in [0, 0.1) is 6.92 Å². The van der Waals surface area contributed by atoms with Crippen molar-refractivity contribution in [2.75, 3.05) is 0 Å². The minimum atomic E-state index is 0.214. The summed E-state index contributed by atoms with van der Waals surface area (Å²) < 4.78 is 6.06. The van der Waals surface area contributed by atoms with E-state index in [-0.39, 0.29) is 5.92 Å². The number of hydrogen-bond acceptors (Lipinski definition) is 3. The fourth-order valence-corrected chi connectivity index (χ4v) is 3.68. The lowest BCUT2D eigenvalue weighted by Crippen LogP contribution is -1.98. The highest BCUT2D eigenvalue weighted by Crippen LogP contribution is 2.33. The molecule has 0 fully saturated rings. The van der Waals surface area contributed by atoms with E-state index in [2.05, 4.69) is 73.4 Å². The molecule has 1 atom stereocenters. The third-order valence-electron chi connectivity index (χ3n) is 5.31. The van der Waals surface area contributed by atoms with E-state index in [0.29, 0.717) is 5.71 Å². The molecule has 0 N–H and O–H groups in total. The first-order chi connectivity index (χ1) is 13.7. The Balaban J connectivity index is 1.61. The normalized spacial score (nSPS) is 12.5. The number of pyridine rings is 2. The standard InChI is InChI=1S/C25H20N2O/c1-16-12-13-26-23(14-16)19-8-11-24-21(15-19)20-9-10-22(27-25(20)28-24)17(2)18-6-4-3-5-7-18/h3-15,17H,1-2H3. The number of aryl methyl sites for hydroxylation is 1. The predicted octanol–water partition coefficient (Wildman–Crippen LogP) is 6.50. The molecule has 3 nitrogen and oxygen atoms in total. The zero-order valence-corrected chi connectivity index (χ0v) is 15.9. The van der Waals surface area contributed by atoms with Crippen LogP contribution in [0.5, 0.6) is 0 Å². The Bertz CT molecular complexity index is 1290. The van der Waals surface area contributed by atoms with Gasteiger partial charge in [-0.1, -0.05) is 37.3 Å². The second kappa shape index (κ2) is 6.61. The first kappa shape index (κ1) is 16.7. The molecular formula is C25H20N2O. The number of rotatable bonds is 3. The molecule has 5 rings (SSSR count). The van der Waals surface area contributed by atoms with Gasteiger partial charge in [0, 0.05) is 28.5 Å². The van der Waals surface area contributed by atoms with E-state index in [1.54, 1.807) is 0 Å². The lowest BCUT2D eigenvalue weighted by Gasteiger charge is -2.10. The number of nitrogens with zero attached hydrogens (tertiary/aromatic N) is 2. The molecule has 136 valence electrons. The Morgan fingerprint density at radius 2 is 1.71 bits per heavy atom. The molecule has 0 aliphatic rings. The van der Waals surface area contributed by atoms with Crippen molar-refractivity contribution in [2.45, 2.75) is 19.8 Å². The lowest BCUT2D eigenvalue weighted by molar-refractivity contribution is 0.649. The molecule has 5 aromatic rings. The first-order valence-corrected chi connectivity index (χ1v) is 9.50. The van der Waals surface area contributed by atoms with Gasteiger partial charge in [0.15, 0.2) is 0 Å². The summed E-state index contributed by atoms with van der Waals surface area (Å²) in [7, 11) is 0. The monoisotopic (exact) mass is 364 g/mol. The van der Waals surface area contributed by atoms with Gasteiger partial charge in [-0.05, 0) is 60.5 Å². The van der Waals surface area contributed by atoms with Crippen molar-refractivity contribution in [3.63, 3.8) is 0 Å². The number of aromatic nitrogens is 2. The minimum Gasteiger partial charge on any atom is -0.438 e. The van der Waals surface area contributed by atoms with Crippen LogP contribution >= 0.6 is 0 Å². The Morgan fingerprint density at radius 3 is 2.54 bits per heavy atom. The van der Waals surface area contributed by atoms with Crippen LogP contribution in [0.25, 0.3) is 33.3 Å². The van der Waals surface area contributed by atoms with Gasteiger partial charge < -0.3 is 4.42 Å². The van der Waals surface area contributed by atoms with Crippen LogP contribution in [0.4, 0.5) is 0 Å². The molecule has 2 aromatic carbocycles. The van der Waals surface area contributed by atoms with Crippen molar-refractivity contribution < 1.29 is 4.42 Å². The second-order valence-corrected chi connectivity index (χ2v) is 7.25. The molecule has 1 unspecified atom stereocenters. The molecule has 0 saturated heterocycles. The number of benzene rings is 2. The summed E-state index contributed by atoms with van der Waals surface area (Å²) in [6, 6.07) is 25.0. The van der Waals surface area contributed by atoms with Gasteiger partial charge in [-0.25, -0.2) is 4.98 Å². The number of hydrogen-bond donors (Lipinski definition) is 0. The molecule has 0 amide bonds. The average Bonchev–Trinajstić information content (AvgIpc) is 3.11. The zero-order chi connectivity index (χ0) is 19.1. The Hall–Kier alpha value is -3.46. The third-order valence-corrected chi connectivity index (χ3v) is 5.31. The van der Waals surface area contributed by atoms with Gasteiger partial charge in [-0.2, -0.15) is 0 Å². The molecule has 3 heteroatoms. The molecule has 3 aromatic heterocycles. The summed E-state index contributed by atoms with van der Waals surface area (Å²) in [6.45, 7) is 4.25. The van der Waals surface area contributed by atoms with Gasteiger partial charge >= 0.3 is 0 Å². The largest absolute Gasteiger partial charge is 0.438 e. The summed E-state index contributed by atoms with van der Waals surface area (Å²) in [5.74, 6) is 0.214. The maximum Gasteiger partial charge on any atom is 0.227 e. The quantitative estimate of drug-likeness (QED) is 0.367. The minimum absolute atomic E-state index is 0.214. The summed E-state index contributed by atoms with van der Waals surface area (Å²) in [4.78, 5) is 9.33. The van der Waals surface area contributed by atoms with Crippen LogP contribution < -0.4 is 0 Å². The molecule has 28 heavy (non-hydrogen) atoms. The van der Waals surface area contributed by atoms with E-state index in [0.717, 1.165) is 33.3 Å². The molecule has 0 saturated carbocycles. The third kappa shape index (κ3) is 2.85. The highest BCUT2D eigenvalue weighted by molar-refractivity contribution is 6.05. The van der Waals surface area contributed by atoms with Crippen LogP contribution in [0.15, 0.2) is 83.4 Å². The van der Waals surface area contributed by atoms with Crippen molar-refractivity contribution in [1.29, 1.82) is 0 Å². The number of fused-ring (bicyclic) bond motifs is 3. The van der Waals surface area contributed by atoms with Crippen LogP contribution in [0.2, 0.25) is 0 Å². The Morgan fingerprint density at radius 1 is 0.857 bits per heavy atom. The Kier molecular flexibility index (Phi) is 3.94. The molecule has 3 heterocycles. The van der Waals surface area contributed by atoms with Gasteiger partial charge in [0.1, 0.15) is 5.58 Å². The van der Waals surface area contributed by atoms with Crippen molar-refractivity contribution in [3.05, 3.63) is 95.8 Å². The summed E-state index contributed by atoms with van der Waals surface area (Å²) in [5, 5.41) is 2.11. The summed E-state index contributed by atoms with van der Waals surface area (Å²) in [5.41, 5.74) is 7.05. The number of furan rings is 1. The van der Waals surface area contributed by atoms with E-state index in [9.17, 15) is 0 Å². The van der Waals surface area contributed by atoms with Gasteiger partial charge in [-0.15, -0.1) is 0 Å². The van der Waals surface area contributed by atoms with Gasteiger partial charge in [-0.3, -0.25) is 4.98 Å². The van der Waals surface area contributed by atoms with Crippen LogP contribution in [-0.2, 0) is 0 Å². The zero-order valence-electron chi connectivity index (χ0n) is 15.9. The van der Waals surface area contributed by atoms with Gasteiger partial charge in [0.2, 0.25) is 5.71 Å². The SMILES string of the molecule is Cc1ccnc(-c2ccc3oc4nc(C(C)c5ccccc5)ccc4c3c2)c1. The van der Waals surface area contributed by atoms with E-state index < -0.39 is 0 Å². The van der Waals surface area contributed by atoms with Gasteiger partial charge in [0.05, 0.1) is 11.4 Å². The lowest BCUT2D eigenvalue weighted by atomic mass is 9.97. The van der Waals surface area contributed by atoms with Crippen LogP contribution in [0.3, 0.4) is 0 Å². The van der Waals surface area contributed by atoms with Crippen molar-refractivity contribution in [2.24, 2.45) is 0 Å². The maximum absolute atomic E-state index is 6.06. The van der Waals surface area contributed by atoms with E-state index >= 15 is 0 Å². The molecule has 0 radical (unpaired) electrons. The Labute approximate surface area is 163 Å². The fraction of sp³-hybridized carbons (Fsp3) is 0.120. The highest BCUT2D eigenvalue weighted by atomic mass is 16.3. The molecule has 0 aliphatic heterocycles. The van der Waals surface area contributed by atoms with Crippen molar-refractivity contribution in [1.82, 2.24) is 9.97 Å². The van der Waals surface area contributed by atoms with E-state index in [1.165, 1.54) is 11.1 Å². The van der Waals surface area contributed by atoms with Crippen molar-refractivity contribution in [3.8, 4) is 11.3 Å². The fourth-order valence-electron chi connectivity index (χ4n) is 3.68. The van der Waals surface area contributed by atoms with Crippen LogP contribution in [0.1, 0.15) is 29.7 Å². The highest BCUT2D eigenvalue weighted by Gasteiger charge is 2.14. The molecule has 0 bridgehead atoms. The summed E-state index contributed by atoms with van der Waals surface area (Å²) in [6.07, 6.45) is 1.85. The van der Waals surface area contributed by atoms with Crippen molar-refractivity contribution >= 4 is 22.1 Å². The topological polar surface area (TPSA) is 38.9 Å². The average molecular weight is 364 g/mol. The summed E-state index contributed by atoms with van der Waals surface area (Å²) >= 11 is 0. The maximum atomic E-state index is 6.06.